The third-order valence-corrected chi connectivity index (χ3v) is 8.05. The molecule has 1 fully saturated rings. The number of nitrogens with zero attached hydrogens (tertiary/aromatic N) is 4. The van der Waals surface area contributed by atoms with Crippen molar-refractivity contribution >= 4 is 50.5 Å². The number of piperidine rings is 1. The number of likely N-dealkylation sites (tertiary alicyclic amines) is 1. The number of aryl methyl sites for hydroxylation is 1. The van der Waals surface area contributed by atoms with Gasteiger partial charge in [-0.15, -0.1) is 0 Å². The fraction of sp³-hybridized carbons (Fsp3) is 0.435. The van der Waals surface area contributed by atoms with Gasteiger partial charge in [0, 0.05) is 35.2 Å². The normalized spacial score (nSPS) is 15.7. The minimum absolute atomic E-state index is 0.181. The average molecular weight is 534 g/mol. The minimum atomic E-state index is -0.937. The molecule has 176 valence electrons. The van der Waals surface area contributed by atoms with Crippen LogP contribution in [0, 0.1) is 5.92 Å². The summed E-state index contributed by atoms with van der Waals surface area (Å²) in [4.78, 5) is 23.8. The Morgan fingerprint density at radius 3 is 2.82 bits per heavy atom. The second kappa shape index (κ2) is 10.3. The van der Waals surface area contributed by atoms with Crippen LogP contribution in [-0.2, 0) is 11.3 Å². The van der Waals surface area contributed by atoms with Gasteiger partial charge in [-0.25, -0.2) is 9.97 Å². The number of imidazole rings is 1. The monoisotopic (exact) mass is 533 g/mol. The number of anilines is 1. The topological polar surface area (TPSA) is 107 Å². The molecule has 0 bridgehead atoms. The first-order valence-electron chi connectivity index (χ1n) is 11.0. The van der Waals surface area contributed by atoms with E-state index in [0.717, 1.165) is 51.6 Å². The van der Waals surface area contributed by atoms with Crippen LogP contribution in [0.25, 0.3) is 11.0 Å². The molecule has 0 aliphatic carbocycles. The third kappa shape index (κ3) is 5.28. The maximum absolute atomic E-state index is 12.0. The number of carbonyl (C=O) groups excluding carboxylic acids is 1. The number of hydrogen-bond donors (Lipinski definition) is 2. The SMILES string of the molecule is COc1ccc(Br)c(Sc2nc3c(N)nccc3n2CCC2CCN(C(=O)[C@H](C)O)CC2)c1. The number of rotatable bonds is 7. The van der Waals surface area contributed by atoms with Crippen LogP contribution in [0.2, 0.25) is 0 Å². The molecule has 1 saturated heterocycles. The average Bonchev–Trinajstić information content (AvgIpc) is 3.17. The molecule has 3 N–H and O–H groups in total. The maximum Gasteiger partial charge on any atom is 0.251 e. The van der Waals surface area contributed by atoms with Gasteiger partial charge < -0.3 is 25.0 Å². The molecule has 1 aliphatic rings. The Kier molecular flexibility index (Phi) is 7.45. The highest BCUT2D eigenvalue weighted by atomic mass is 79.9. The lowest BCUT2D eigenvalue weighted by molar-refractivity contribution is -0.140. The number of fused-ring (bicyclic) bond motifs is 1. The van der Waals surface area contributed by atoms with E-state index in [4.69, 9.17) is 15.5 Å². The second-order valence-electron chi connectivity index (χ2n) is 8.24. The molecule has 4 rings (SSSR count). The van der Waals surface area contributed by atoms with E-state index in [-0.39, 0.29) is 5.91 Å². The Morgan fingerprint density at radius 1 is 1.36 bits per heavy atom. The van der Waals surface area contributed by atoms with E-state index in [0.29, 0.717) is 30.3 Å². The summed E-state index contributed by atoms with van der Waals surface area (Å²) in [5.41, 5.74) is 7.80. The molecule has 8 nitrogen and oxygen atoms in total. The van der Waals surface area contributed by atoms with E-state index in [1.54, 1.807) is 30.0 Å². The number of benzene rings is 1. The number of pyridine rings is 1. The van der Waals surface area contributed by atoms with E-state index < -0.39 is 6.10 Å². The molecule has 1 atom stereocenters. The number of aliphatic hydroxyl groups is 1. The summed E-state index contributed by atoms with van der Waals surface area (Å²) >= 11 is 5.19. The number of nitrogen functional groups attached to an aromatic ring is 1. The highest BCUT2D eigenvalue weighted by molar-refractivity contribution is 9.10. The van der Waals surface area contributed by atoms with Crippen LogP contribution in [0.3, 0.4) is 0 Å². The zero-order valence-electron chi connectivity index (χ0n) is 18.7. The number of ether oxygens (including phenoxy) is 1. The van der Waals surface area contributed by atoms with Crippen molar-refractivity contribution in [3.8, 4) is 5.75 Å². The van der Waals surface area contributed by atoms with Crippen molar-refractivity contribution in [2.24, 2.45) is 5.92 Å². The number of carbonyl (C=O) groups is 1. The van der Waals surface area contributed by atoms with Gasteiger partial charge in [0.15, 0.2) is 11.0 Å². The van der Waals surface area contributed by atoms with Gasteiger partial charge in [-0.1, -0.05) is 11.8 Å². The van der Waals surface area contributed by atoms with Crippen molar-refractivity contribution < 1.29 is 14.6 Å². The van der Waals surface area contributed by atoms with Crippen molar-refractivity contribution in [2.45, 2.75) is 48.9 Å². The molecule has 3 aromatic rings. The summed E-state index contributed by atoms with van der Waals surface area (Å²) < 4.78 is 8.56. The van der Waals surface area contributed by atoms with E-state index in [9.17, 15) is 9.90 Å². The zero-order chi connectivity index (χ0) is 23.5. The van der Waals surface area contributed by atoms with Crippen LogP contribution in [-0.4, -0.2) is 56.8 Å². The van der Waals surface area contributed by atoms with Crippen LogP contribution in [0.4, 0.5) is 5.82 Å². The van der Waals surface area contributed by atoms with Gasteiger partial charge in [0.25, 0.3) is 5.91 Å². The van der Waals surface area contributed by atoms with Crippen LogP contribution in [0.15, 0.2) is 45.0 Å². The van der Waals surface area contributed by atoms with Crippen LogP contribution in [0.5, 0.6) is 5.75 Å². The predicted octanol–water partition coefficient (Wildman–Crippen LogP) is 3.95. The molecular formula is C23H28BrN5O3S. The van der Waals surface area contributed by atoms with Crippen LogP contribution >= 0.6 is 27.7 Å². The van der Waals surface area contributed by atoms with Crippen LogP contribution in [0.1, 0.15) is 26.2 Å². The molecule has 0 saturated carbocycles. The standard InChI is InChI=1S/C23H28BrN5O3S/c1-14(30)22(31)28-10-6-15(7-11-28)8-12-29-18-5-9-26-21(25)20(18)27-23(29)33-19-13-16(32-2)3-4-17(19)24/h3-5,9,13-15,30H,6-8,10-12H2,1-2H3,(H2,25,26)/t14-/m0/s1. The van der Waals surface area contributed by atoms with Gasteiger partial charge in [-0.3, -0.25) is 4.79 Å². The maximum atomic E-state index is 12.0. The molecule has 2 aromatic heterocycles. The number of aliphatic hydroxyl groups excluding tert-OH is 1. The smallest absolute Gasteiger partial charge is 0.251 e. The zero-order valence-corrected chi connectivity index (χ0v) is 21.1. The summed E-state index contributed by atoms with van der Waals surface area (Å²) in [5.74, 6) is 1.52. The van der Waals surface area contributed by atoms with Crippen molar-refractivity contribution in [2.75, 3.05) is 25.9 Å². The predicted molar refractivity (Wildman–Crippen MR) is 132 cm³/mol. The van der Waals surface area contributed by atoms with E-state index in [1.807, 2.05) is 24.3 Å². The Labute approximate surface area is 205 Å². The summed E-state index contributed by atoms with van der Waals surface area (Å²) in [6.07, 6.45) is 3.61. The Bertz CT molecular complexity index is 1140. The number of methoxy groups -OCH3 is 1. The number of amides is 1. The highest BCUT2D eigenvalue weighted by Crippen LogP contribution is 2.38. The third-order valence-electron chi connectivity index (χ3n) is 6.04. The van der Waals surface area contributed by atoms with Gasteiger partial charge >= 0.3 is 0 Å². The summed E-state index contributed by atoms with van der Waals surface area (Å²) in [7, 11) is 1.65. The Morgan fingerprint density at radius 2 is 2.12 bits per heavy atom. The molecule has 3 heterocycles. The van der Waals surface area contributed by atoms with Crippen LogP contribution < -0.4 is 10.5 Å². The number of hydrogen-bond acceptors (Lipinski definition) is 7. The van der Waals surface area contributed by atoms with Gasteiger partial charge in [0.1, 0.15) is 17.4 Å². The van der Waals surface area contributed by atoms with Crippen molar-refractivity contribution in [3.63, 3.8) is 0 Å². The number of halogens is 1. The van der Waals surface area contributed by atoms with E-state index in [1.165, 1.54) is 6.92 Å². The Hall–Kier alpha value is -2.30. The van der Waals surface area contributed by atoms with Crippen molar-refractivity contribution in [1.29, 1.82) is 0 Å². The number of aromatic nitrogens is 3. The molecule has 0 unspecified atom stereocenters. The second-order valence-corrected chi connectivity index (χ2v) is 10.1. The minimum Gasteiger partial charge on any atom is -0.497 e. The summed E-state index contributed by atoms with van der Waals surface area (Å²) in [6, 6.07) is 7.81. The quantitative estimate of drug-likeness (QED) is 0.473. The number of nitrogens with two attached hydrogens (primary N) is 1. The first-order valence-corrected chi connectivity index (χ1v) is 12.6. The van der Waals surface area contributed by atoms with E-state index in [2.05, 4.69) is 25.5 Å². The van der Waals surface area contributed by atoms with Crippen molar-refractivity contribution in [3.05, 3.63) is 34.9 Å². The Balaban J connectivity index is 1.54. The van der Waals surface area contributed by atoms with Gasteiger partial charge in [-0.05, 0) is 72.3 Å². The summed E-state index contributed by atoms with van der Waals surface area (Å²) in [6.45, 7) is 3.69. The lowest BCUT2D eigenvalue weighted by Crippen LogP contribution is -2.43. The molecule has 0 radical (unpaired) electrons. The largest absolute Gasteiger partial charge is 0.497 e. The first kappa shape index (κ1) is 23.8. The van der Waals surface area contributed by atoms with Crippen molar-refractivity contribution in [1.82, 2.24) is 19.4 Å². The molecule has 1 aromatic carbocycles. The molecule has 0 spiro atoms. The van der Waals surface area contributed by atoms with Gasteiger partial charge in [0.05, 0.1) is 12.6 Å². The molecule has 33 heavy (non-hydrogen) atoms. The fourth-order valence-electron chi connectivity index (χ4n) is 4.15. The van der Waals surface area contributed by atoms with Gasteiger partial charge in [-0.2, -0.15) is 0 Å². The molecule has 1 amide bonds. The fourth-order valence-corrected chi connectivity index (χ4v) is 5.61. The van der Waals surface area contributed by atoms with Gasteiger partial charge in [0.2, 0.25) is 0 Å². The molecule has 1 aliphatic heterocycles. The highest BCUT2D eigenvalue weighted by Gasteiger charge is 2.25. The molecular weight excluding hydrogens is 506 g/mol. The summed E-state index contributed by atoms with van der Waals surface area (Å²) in [5, 5.41) is 10.4. The lowest BCUT2D eigenvalue weighted by Gasteiger charge is -2.32. The van der Waals surface area contributed by atoms with E-state index >= 15 is 0 Å². The first-order chi connectivity index (χ1) is 15.9. The molecule has 10 heteroatoms. The lowest BCUT2D eigenvalue weighted by atomic mass is 9.93.